The van der Waals surface area contributed by atoms with Crippen molar-refractivity contribution in [2.24, 2.45) is 0 Å². The molecule has 5 heteroatoms. The van der Waals surface area contributed by atoms with Gasteiger partial charge in [0.05, 0.1) is 5.51 Å². The number of likely N-dealkylation sites (N-methyl/N-ethyl adjacent to an activating group) is 1. The fourth-order valence-electron chi connectivity index (χ4n) is 1.84. The highest BCUT2D eigenvalue weighted by atomic mass is 32.1. The molecule has 1 amide bonds. The first-order valence-corrected chi connectivity index (χ1v) is 6.08. The molecule has 1 aliphatic rings. The molecule has 1 aromatic heterocycles. The summed E-state index contributed by atoms with van der Waals surface area (Å²) >= 11 is 1.45. The predicted octanol–water partition coefficient (Wildman–Crippen LogP) is 0.967. The van der Waals surface area contributed by atoms with Gasteiger partial charge in [-0.15, -0.1) is 11.3 Å². The molecule has 1 fully saturated rings. The maximum atomic E-state index is 11.8. The quantitative estimate of drug-likeness (QED) is 0.833. The molecule has 0 spiro atoms. The summed E-state index contributed by atoms with van der Waals surface area (Å²) in [5, 5.41) is 5.17. The number of rotatable bonds is 3. The summed E-state index contributed by atoms with van der Waals surface area (Å²) in [6, 6.07) is 0.456. The number of amides is 1. The Kier molecular flexibility index (Phi) is 3.33. The molecule has 1 aromatic rings. The van der Waals surface area contributed by atoms with Gasteiger partial charge in [0.1, 0.15) is 5.69 Å². The van der Waals surface area contributed by atoms with Crippen LogP contribution < -0.4 is 5.32 Å². The van der Waals surface area contributed by atoms with Crippen LogP contribution in [0, 0.1) is 0 Å². The van der Waals surface area contributed by atoms with E-state index in [0.29, 0.717) is 11.7 Å². The maximum Gasteiger partial charge on any atom is 0.273 e. The van der Waals surface area contributed by atoms with Crippen LogP contribution in [0.1, 0.15) is 23.3 Å². The van der Waals surface area contributed by atoms with Gasteiger partial charge >= 0.3 is 0 Å². The third-order valence-electron chi connectivity index (χ3n) is 2.65. The number of hydrogen-bond acceptors (Lipinski definition) is 4. The van der Waals surface area contributed by atoms with Gasteiger partial charge in [0.2, 0.25) is 0 Å². The van der Waals surface area contributed by atoms with Crippen LogP contribution in [-0.2, 0) is 0 Å². The van der Waals surface area contributed by atoms with E-state index in [0.717, 1.165) is 19.5 Å². The minimum absolute atomic E-state index is 0.0185. The van der Waals surface area contributed by atoms with Crippen LogP contribution in [-0.4, -0.2) is 42.0 Å². The molecule has 15 heavy (non-hydrogen) atoms. The Morgan fingerprint density at radius 1 is 1.80 bits per heavy atom. The monoisotopic (exact) mass is 225 g/mol. The Hall–Kier alpha value is -0.940. The third-order valence-corrected chi connectivity index (χ3v) is 3.24. The maximum absolute atomic E-state index is 11.8. The van der Waals surface area contributed by atoms with Gasteiger partial charge in [-0.25, -0.2) is 4.98 Å². The molecule has 2 rings (SSSR count). The fourth-order valence-corrected chi connectivity index (χ4v) is 2.37. The van der Waals surface area contributed by atoms with E-state index in [1.54, 1.807) is 15.8 Å². The smallest absolute Gasteiger partial charge is 0.273 e. The molecule has 1 N–H and O–H groups in total. The van der Waals surface area contributed by atoms with Crippen LogP contribution >= 0.6 is 11.3 Å². The molecule has 0 aliphatic carbocycles. The highest BCUT2D eigenvalue weighted by Crippen LogP contribution is 2.09. The summed E-state index contributed by atoms with van der Waals surface area (Å²) in [4.78, 5) is 17.6. The van der Waals surface area contributed by atoms with E-state index in [1.807, 2.05) is 7.05 Å². The summed E-state index contributed by atoms with van der Waals surface area (Å²) in [5.41, 5.74) is 2.25. The first kappa shape index (κ1) is 10.6. The first-order valence-electron chi connectivity index (χ1n) is 5.14. The Morgan fingerprint density at radius 2 is 2.67 bits per heavy atom. The van der Waals surface area contributed by atoms with Gasteiger partial charge < -0.3 is 10.2 Å². The van der Waals surface area contributed by atoms with Crippen molar-refractivity contribution in [3.63, 3.8) is 0 Å². The molecule has 1 aliphatic heterocycles. The van der Waals surface area contributed by atoms with E-state index in [4.69, 9.17) is 0 Å². The molecule has 82 valence electrons. The zero-order valence-electron chi connectivity index (χ0n) is 8.77. The van der Waals surface area contributed by atoms with Crippen LogP contribution in [0.5, 0.6) is 0 Å². The number of nitrogens with one attached hydrogen (secondary N) is 1. The molecule has 0 aromatic carbocycles. The standard InChI is InChI=1S/C10H15N3OS/c1-13(5-8-3-2-4-11-8)10(14)9-6-15-7-12-9/h6-8,11H,2-5H2,1H3. The lowest BCUT2D eigenvalue weighted by atomic mass is 10.2. The Bertz CT molecular complexity index is 319. The van der Waals surface area contributed by atoms with Gasteiger partial charge in [-0.2, -0.15) is 0 Å². The van der Waals surface area contributed by atoms with Crippen LogP contribution in [0.4, 0.5) is 0 Å². The van der Waals surface area contributed by atoms with Crippen molar-refractivity contribution in [1.82, 2.24) is 15.2 Å². The highest BCUT2D eigenvalue weighted by molar-refractivity contribution is 7.07. The molecule has 2 heterocycles. The highest BCUT2D eigenvalue weighted by Gasteiger charge is 2.20. The van der Waals surface area contributed by atoms with E-state index in [-0.39, 0.29) is 5.91 Å². The van der Waals surface area contributed by atoms with Crippen molar-refractivity contribution in [1.29, 1.82) is 0 Å². The Labute approximate surface area is 93.3 Å². The average molecular weight is 225 g/mol. The number of aromatic nitrogens is 1. The van der Waals surface area contributed by atoms with Gasteiger partial charge in [0.25, 0.3) is 5.91 Å². The van der Waals surface area contributed by atoms with Crippen molar-refractivity contribution >= 4 is 17.2 Å². The summed E-state index contributed by atoms with van der Waals surface area (Å²) in [7, 11) is 1.84. The molecule has 0 radical (unpaired) electrons. The summed E-state index contributed by atoms with van der Waals surface area (Å²) < 4.78 is 0. The topological polar surface area (TPSA) is 45.2 Å². The minimum Gasteiger partial charge on any atom is -0.339 e. The second-order valence-electron chi connectivity index (χ2n) is 3.85. The average Bonchev–Trinajstić information content (AvgIpc) is 2.88. The SMILES string of the molecule is CN(CC1CCCN1)C(=O)c1cscn1. The van der Waals surface area contributed by atoms with Crippen molar-refractivity contribution in [3.05, 3.63) is 16.6 Å². The Morgan fingerprint density at radius 3 is 3.27 bits per heavy atom. The van der Waals surface area contributed by atoms with Crippen molar-refractivity contribution in [3.8, 4) is 0 Å². The van der Waals surface area contributed by atoms with E-state index in [1.165, 1.54) is 17.8 Å². The van der Waals surface area contributed by atoms with Crippen LogP contribution in [0.2, 0.25) is 0 Å². The second kappa shape index (κ2) is 4.72. The Balaban J connectivity index is 1.90. The van der Waals surface area contributed by atoms with Crippen molar-refractivity contribution in [2.45, 2.75) is 18.9 Å². The van der Waals surface area contributed by atoms with Gasteiger partial charge in [-0.1, -0.05) is 0 Å². The van der Waals surface area contributed by atoms with Crippen molar-refractivity contribution < 1.29 is 4.79 Å². The lowest BCUT2D eigenvalue weighted by Crippen LogP contribution is -2.38. The largest absolute Gasteiger partial charge is 0.339 e. The van der Waals surface area contributed by atoms with Crippen LogP contribution in [0.15, 0.2) is 10.9 Å². The van der Waals surface area contributed by atoms with Gasteiger partial charge in [-0.3, -0.25) is 4.79 Å². The molecule has 0 saturated carbocycles. The lowest BCUT2D eigenvalue weighted by molar-refractivity contribution is 0.0779. The number of carbonyl (C=O) groups excluding carboxylic acids is 1. The number of carbonyl (C=O) groups is 1. The van der Waals surface area contributed by atoms with Gasteiger partial charge in [0, 0.05) is 25.0 Å². The molecular formula is C10H15N3OS. The van der Waals surface area contributed by atoms with Gasteiger partial charge in [-0.05, 0) is 19.4 Å². The number of thiazole rings is 1. The van der Waals surface area contributed by atoms with E-state index >= 15 is 0 Å². The predicted molar refractivity (Wildman–Crippen MR) is 60.1 cm³/mol. The number of nitrogens with zero attached hydrogens (tertiary/aromatic N) is 2. The molecule has 1 saturated heterocycles. The van der Waals surface area contributed by atoms with Crippen LogP contribution in [0.25, 0.3) is 0 Å². The second-order valence-corrected chi connectivity index (χ2v) is 4.57. The molecule has 1 unspecified atom stereocenters. The summed E-state index contributed by atoms with van der Waals surface area (Å²) in [6.07, 6.45) is 2.37. The third kappa shape index (κ3) is 2.54. The minimum atomic E-state index is 0.0185. The molecule has 4 nitrogen and oxygen atoms in total. The lowest BCUT2D eigenvalue weighted by Gasteiger charge is -2.20. The van der Waals surface area contributed by atoms with E-state index in [2.05, 4.69) is 10.3 Å². The van der Waals surface area contributed by atoms with E-state index in [9.17, 15) is 4.79 Å². The van der Waals surface area contributed by atoms with Gasteiger partial charge in [0.15, 0.2) is 0 Å². The van der Waals surface area contributed by atoms with Crippen molar-refractivity contribution in [2.75, 3.05) is 20.1 Å². The summed E-state index contributed by atoms with van der Waals surface area (Å²) in [5.74, 6) is 0.0185. The normalized spacial score (nSPS) is 20.5. The van der Waals surface area contributed by atoms with E-state index < -0.39 is 0 Å². The molecule has 1 atom stereocenters. The number of hydrogen-bond donors (Lipinski definition) is 1. The molecule has 0 bridgehead atoms. The van der Waals surface area contributed by atoms with Crippen LogP contribution in [0.3, 0.4) is 0 Å². The fraction of sp³-hybridized carbons (Fsp3) is 0.600. The zero-order chi connectivity index (χ0) is 10.7. The molecular weight excluding hydrogens is 210 g/mol. The summed E-state index contributed by atoms with van der Waals surface area (Å²) in [6.45, 7) is 1.85. The first-order chi connectivity index (χ1) is 7.27. The zero-order valence-corrected chi connectivity index (χ0v) is 9.59.